The second kappa shape index (κ2) is 16.8. The van der Waals surface area contributed by atoms with Gasteiger partial charge in [0.05, 0.1) is 16.7 Å². The summed E-state index contributed by atoms with van der Waals surface area (Å²) in [5, 5.41) is 5.00. The minimum atomic E-state index is 1.08. The van der Waals surface area contributed by atoms with Crippen LogP contribution in [0.5, 0.6) is 0 Å². The lowest BCUT2D eigenvalue weighted by Crippen LogP contribution is -2.10. The lowest BCUT2D eigenvalue weighted by atomic mass is 9.91. The van der Waals surface area contributed by atoms with E-state index in [-0.39, 0.29) is 0 Å². The van der Waals surface area contributed by atoms with E-state index in [0.29, 0.717) is 0 Å². The van der Waals surface area contributed by atoms with Crippen LogP contribution >= 0.6 is 0 Å². The van der Waals surface area contributed by atoms with Gasteiger partial charge < -0.3 is 9.47 Å². The molecule has 0 aliphatic heterocycles. The van der Waals surface area contributed by atoms with Crippen molar-refractivity contribution in [2.24, 2.45) is 0 Å². The third kappa shape index (κ3) is 7.02. The first-order chi connectivity index (χ1) is 32.7. The maximum Gasteiger partial charge on any atom is 0.0541 e. The number of rotatable bonds is 9. The van der Waals surface area contributed by atoms with Crippen molar-refractivity contribution in [1.29, 1.82) is 0 Å². The van der Waals surface area contributed by atoms with Crippen molar-refractivity contribution in [3.05, 3.63) is 267 Å². The van der Waals surface area contributed by atoms with Crippen molar-refractivity contribution in [3.63, 3.8) is 0 Å². The number of fused-ring (bicyclic) bond motifs is 4. The molecule has 0 fully saturated rings. The van der Waals surface area contributed by atoms with Gasteiger partial charge >= 0.3 is 0 Å². The molecule has 0 aliphatic rings. The number of anilines is 3. The Kier molecular flexibility index (Phi) is 9.89. The Labute approximate surface area is 385 Å². The molecule has 0 spiro atoms. The van der Waals surface area contributed by atoms with E-state index in [9.17, 15) is 0 Å². The Morgan fingerprint density at radius 1 is 0.258 bits per heavy atom. The molecule has 0 atom stereocenters. The Morgan fingerprint density at radius 3 is 1.27 bits per heavy atom. The summed E-state index contributed by atoms with van der Waals surface area (Å²) in [7, 11) is 0. The van der Waals surface area contributed by atoms with E-state index < -0.39 is 0 Å². The van der Waals surface area contributed by atoms with E-state index in [4.69, 9.17) is 0 Å². The molecule has 11 aromatic carbocycles. The standard InChI is InChI=1S/C64H44N2/c1-3-16-45(17-4-1)46-32-34-47(35-33-46)52-22-13-23-55(44-52)65(54-42-38-50(39-43-54)58-28-15-21-51-20-14-27-57(64(51)58)48-18-5-2-6-19-48)53-40-36-49(37-41-53)56-24-7-10-29-61(56)66-62-30-11-8-25-59(62)60-26-9-12-31-63(60)66/h1-44H. The van der Waals surface area contributed by atoms with Crippen LogP contribution in [-0.4, -0.2) is 4.57 Å². The first kappa shape index (κ1) is 38.9. The van der Waals surface area contributed by atoms with Crippen LogP contribution in [0.4, 0.5) is 17.1 Å². The number of nitrogens with zero attached hydrogens (tertiary/aromatic N) is 2. The summed E-state index contributed by atoms with van der Waals surface area (Å²) >= 11 is 0. The van der Waals surface area contributed by atoms with E-state index in [1.807, 2.05) is 0 Å². The van der Waals surface area contributed by atoms with Crippen LogP contribution in [0.2, 0.25) is 0 Å². The van der Waals surface area contributed by atoms with Crippen molar-refractivity contribution in [1.82, 2.24) is 4.57 Å². The van der Waals surface area contributed by atoms with Crippen LogP contribution in [0.25, 0.3) is 93.9 Å². The minimum Gasteiger partial charge on any atom is -0.310 e. The van der Waals surface area contributed by atoms with E-state index >= 15 is 0 Å². The molecule has 0 saturated carbocycles. The first-order valence-electron chi connectivity index (χ1n) is 22.7. The van der Waals surface area contributed by atoms with Gasteiger partial charge in [-0.1, -0.05) is 212 Å². The second-order valence-electron chi connectivity index (χ2n) is 16.9. The van der Waals surface area contributed by atoms with E-state index in [1.165, 1.54) is 77.1 Å². The highest BCUT2D eigenvalue weighted by molar-refractivity contribution is 6.10. The van der Waals surface area contributed by atoms with Crippen molar-refractivity contribution in [2.75, 3.05) is 4.90 Å². The highest BCUT2D eigenvalue weighted by Gasteiger charge is 2.18. The number of hydrogen-bond donors (Lipinski definition) is 0. The molecule has 310 valence electrons. The fraction of sp³-hybridized carbons (Fsp3) is 0. The van der Waals surface area contributed by atoms with E-state index in [2.05, 4.69) is 276 Å². The molecule has 0 saturated heterocycles. The van der Waals surface area contributed by atoms with Gasteiger partial charge in [-0.25, -0.2) is 0 Å². The average Bonchev–Trinajstić information content (AvgIpc) is 3.74. The van der Waals surface area contributed by atoms with E-state index in [1.54, 1.807) is 0 Å². The number of aromatic nitrogens is 1. The SMILES string of the molecule is c1ccc(-c2ccc(-c3cccc(N(c4ccc(-c5ccccc5-n5c6ccccc6c6ccccc65)cc4)c4ccc(-c5cccc6cccc(-c7ccccc7)c56)cc4)c3)cc2)cc1. The lowest BCUT2D eigenvalue weighted by molar-refractivity contribution is 1.18. The summed E-state index contributed by atoms with van der Waals surface area (Å²) in [6, 6.07) is 96.8. The van der Waals surface area contributed by atoms with E-state index in [0.717, 1.165) is 33.9 Å². The summed E-state index contributed by atoms with van der Waals surface area (Å²) < 4.78 is 2.42. The molecule has 0 bridgehead atoms. The molecule has 1 aromatic heterocycles. The first-order valence-corrected chi connectivity index (χ1v) is 22.7. The van der Waals surface area contributed by atoms with Gasteiger partial charge in [-0.3, -0.25) is 0 Å². The molecule has 66 heavy (non-hydrogen) atoms. The van der Waals surface area contributed by atoms with Crippen LogP contribution in [-0.2, 0) is 0 Å². The molecule has 12 rings (SSSR count). The van der Waals surface area contributed by atoms with Gasteiger partial charge in [-0.15, -0.1) is 0 Å². The predicted octanol–water partition coefficient (Wildman–Crippen LogP) is 17.7. The topological polar surface area (TPSA) is 8.17 Å². The Morgan fingerprint density at radius 2 is 0.667 bits per heavy atom. The van der Waals surface area contributed by atoms with Crippen molar-refractivity contribution < 1.29 is 0 Å². The van der Waals surface area contributed by atoms with Gasteiger partial charge in [-0.05, 0) is 115 Å². The molecule has 0 radical (unpaired) electrons. The van der Waals surface area contributed by atoms with Gasteiger partial charge in [0.1, 0.15) is 0 Å². The molecule has 0 unspecified atom stereocenters. The van der Waals surface area contributed by atoms with Crippen molar-refractivity contribution in [3.8, 4) is 61.3 Å². The fourth-order valence-corrected chi connectivity index (χ4v) is 9.87. The van der Waals surface area contributed by atoms with Crippen LogP contribution in [0.15, 0.2) is 267 Å². The largest absolute Gasteiger partial charge is 0.310 e. The normalized spacial score (nSPS) is 11.3. The maximum absolute atomic E-state index is 2.42. The minimum absolute atomic E-state index is 1.08. The zero-order valence-corrected chi connectivity index (χ0v) is 36.3. The fourth-order valence-electron chi connectivity index (χ4n) is 9.87. The van der Waals surface area contributed by atoms with Gasteiger partial charge in [0.2, 0.25) is 0 Å². The summed E-state index contributed by atoms with van der Waals surface area (Å²) in [5.41, 5.74) is 18.8. The summed E-state index contributed by atoms with van der Waals surface area (Å²) in [6.07, 6.45) is 0. The molecule has 12 aromatic rings. The molecule has 1 heterocycles. The third-order valence-corrected chi connectivity index (χ3v) is 13.0. The van der Waals surface area contributed by atoms with Crippen molar-refractivity contribution in [2.45, 2.75) is 0 Å². The molecular formula is C64H44N2. The summed E-state index contributed by atoms with van der Waals surface area (Å²) in [6.45, 7) is 0. The number of hydrogen-bond acceptors (Lipinski definition) is 1. The number of benzene rings is 11. The molecule has 2 nitrogen and oxygen atoms in total. The lowest BCUT2D eigenvalue weighted by Gasteiger charge is -2.27. The van der Waals surface area contributed by atoms with Crippen LogP contribution < -0.4 is 4.90 Å². The predicted molar refractivity (Wildman–Crippen MR) is 280 cm³/mol. The Balaban J connectivity index is 0.960. The zero-order valence-electron chi connectivity index (χ0n) is 36.3. The molecule has 0 N–H and O–H groups in total. The number of para-hydroxylation sites is 3. The van der Waals surface area contributed by atoms with Crippen LogP contribution in [0.3, 0.4) is 0 Å². The molecular weight excluding hydrogens is 797 g/mol. The third-order valence-electron chi connectivity index (χ3n) is 13.0. The Bertz CT molecular complexity index is 3600. The van der Waals surface area contributed by atoms with Crippen LogP contribution in [0.1, 0.15) is 0 Å². The van der Waals surface area contributed by atoms with Gasteiger partial charge in [0.25, 0.3) is 0 Å². The monoisotopic (exact) mass is 840 g/mol. The van der Waals surface area contributed by atoms with Crippen molar-refractivity contribution >= 4 is 49.6 Å². The summed E-state index contributed by atoms with van der Waals surface area (Å²) in [4.78, 5) is 2.38. The van der Waals surface area contributed by atoms with Gasteiger partial charge in [-0.2, -0.15) is 0 Å². The second-order valence-corrected chi connectivity index (χ2v) is 16.9. The molecule has 0 amide bonds. The highest BCUT2D eigenvalue weighted by atomic mass is 15.1. The molecule has 2 heteroatoms. The maximum atomic E-state index is 2.42. The summed E-state index contributed by atoms with van der Waals surface area (Å²) in [5.74, 6) is 0. The Hall–Kier alpha value is -8.72. The van der Waals surface area contributed by atoms with Gasteiger partial charge in [0, 0.05) is 33.4 Å². The average molecular weight is 841 g/mol. The van der Waals surface area contributed by atoms with Gasteiger partial charge in [0.15, 0.2) is 0 Å². The molecule has 0 aliphatic carbocycles. The zero-order chi connectivity index (χ0) is 43.8. The quantitative estimate of drug-likeness (QED) is 0.141. The smallest absolute Gasteiger partial charge is 0.0541 e. The van der Waals surface area contributed by atoms with Crippen LogP contribution in [0, 0.1) is 0 Å². The highest BCUT2D eigenvalue weighted by Crippen LogP contribution is 2.42.